The van der Waals surface area contributed by atoms with Crippen LogP contribution in [0.1, 0.15) is 35.1 Å². The third kappa shape index (κ3) is 5.28. The van der Waals surface area contributed by atoms with E-state index in [0.717, 1.165) is 11.3 Å². The first-order chi connectivity index (χ1) is 14.8. The van der Waals surface area contributed by atoms with Crippen molar-refractivity contribution in [2.24, 2.45) is 5.92 Å². The average molecular weight is 484 g/mol. The summed E-state index contributed by atoms with van der Waals surface area (Å²) in [7, 11) is -3.61. The Kier molecular flexibility index (Phi) is 7.73. The van der Waals surface area contributed by atoms with Gasteiger partial charge in [-0.1, -0.05) is 23.5 Å². The third-order valence-electron chi connectivity index (χ3n) is 5.00. The van der Waals surface area contributed by atoms with Crippen molar-refractivity contribution in [3.8, 4) is 0 Å². The number of esters is 1. The van der Waals surface area contributed by atoms with Crippen LogP contribution in [0.2, 0.25) is 0 Å². The molecule has 2 aromatic rings. The van der Waals surface area contributed by atoms with Gasteiger partial charge < -0.3 is 10.1 Å². The number of carbonyl (C=O) groups excluding carboxylic acids is 2. The van der Waals surface area contributed by atoms with Crippen molar-refractivity contribution in [2.45, 2.75) is 36.5 Å². The van der Waals surface area contributed by atoms with Crippen molar-refractivity contribution in [3.05, 3.63) is 34.8 Å². The number of anilines is 1. The molecule has 3 rings (SSSR count). The van der Waals surface area contributed by atoms with Gasteiger partial charge in [-0.2, -0.15) is 4.31 Å². The van der Waals surface area contributed by atoms with Crippen LogP contribution in [-0.4, -0.2) is 55.5 Å². The van der Waals surface area contributed by atoms with Gasteiger partial charge in [0, 0.05) is 23.9 Å². The number of rotatable bonds is 7. The molecule has 1 aromatic heterocycles. The van der Waals surface area contributed by atoms with Gasteiger partial charge in [0.05, 0.1) is 17.2 Å². The maximum Gasteiger partial charge on any atom is 0.350 e. The van der Waals surface area contributed by atoms with Crippen LogP contribution in [-0.2, 0) is 19.6 Å². The molecule has 0 spiro atoms. The Morgan fingerprint density at radius 2 is 1.97 bits per heavy atom. The lowest BCUT2D eigenvalue weighted by Crippen LogP contribution is -2.41. The Labute approximate surface area is 190 Å². The summed E-state index contributed by atoms with van der Waals surface area (Å²) in [5.74, 6) is -0.995. The van der Waals surface area contributed by atoms with Gasteiger partial charge in [0.2, 0.25) is 15.9 Å². The molecule has 0 bridgehead atoms. The molecule has 1 aliphatic rings. The first kappa shape index (κ1) is 23.7. The number of hydrogen-bond donors (Lipinski definition) is 1. The quantitative estimate of drug-likeness (QED) is 0.475. The summed E-state index contributed by atoms with van der Waals surface area (Å²) in [4.78, 5) is 30.2. The highest BCUT2D eigenvalue weighted by Crippen LogP contribution is 2.30. The van der Waals surface area contributed by atoms with E-state index in [1.807, 2.05) is 12.3 Å². The smallest absolute Gasteiger partial charge is 0.350 e. The van der Waals surface area contributed by atoms with Gasteiger partial charge in [-0.05, 0) is 45.1 Å². The molecule has 31 heavy (non-hydrogen) atoms. The topological polar surface area (TPSA) is 106 Å². The second-order valence-electron chi connectivity index (χ2n) is 6.97. The third-order valence-corrected chi connectivity index (χ3v) is 8.93. The number of carbonyl (C=O) groups is 2. The summed E-state index contributed by atoms with van der Waals surface area (Å²) in [6, 6.07) is 6.94. The van der Waals surface area contributed by atoms with Crippen LogP contribution >= 0.6 is 23.1 Å². The molecule has 1 aromatic carbocycles. The van der Waals surface area contributed by atoms with Crippen LogP contribution in [0.4, 0.5) is 5.13 Å². The Hall–Kier alpha value is -1.95. The second kappa shape index (κ2) is 10.1. The molecule has 168 valence electrons. The highest BCUT2D eigenvalue weighted by atomic mass is 32.2. The standard InChI is InChI=1S/C20H25N3O5S3/c1-4-28-19(25)17-13(2)21-20(30-17)22-18(24)14-9-11-23(12-10-14)31(26,27)16-8-6-5-7-15(16)29-3/h5-8,14H,4,9-12H2,1-3H3,(H,21,22,24). The van der Waals surface area contributed by atoms with E-state index in [4.69, 9.17) is 4.74 Å². The molecular formula is C20H25N3O5S3. The molecule has 0 saturated carbocycles. The number of piperidine rings is 1. The molecule has 11 heteroatoms. The number of aryl methyl sites for hydroxylation is 1. The van der Waals surface area contributed by atoms with Crippen molar-refractivity contribution in [2.75, 3.05) is 31.3 Å². The van der Waals surface area contributed by atoms with E-state index in [1.54, 1.807) is 32.0 Å². The van der Waals surface area contributed by atoms with Gasteiger partial charge >= 0.3 is 5.97 Å². The van der Waals surface area contributed by atoms with E-state index >= 15 is 0 Å². The van der Waals surface area contributed by atoms with E-state index in [1.165, 1.54) is 16.1 Å². The molecule has 0 unspecified atom stereocenters. The number of benzene rings is 1. The zero-order valence-corrected chi connectivity index (χ0v) is 20.0. The summed E-state index contributed by atoms with van der Waals surface area (Å²) < 4.78 is 32.5. The summed E-state index contributed by atoms with van der Waals surface area (Å²) in [6.07, 6.45) is 2.68. The summed E-state index contributed by atoms with van der Waals surface area (Å²) >= 11 is 2.47. The molecular weight excluding hydrogens is 458 g/mol. The van der Waals surface area contributed by atoms with Gasteiger partial charge in [-0.25, -0.2) is 18.2 Å². The number of thiazole rings is 1. The number of nitrogens with zero attached hydrogens (tertiary/aromatic N) is 2. The summed E-state index contributed by atoms with van der Waals surface area (Å²) in [5.41, 5.74) is 0.507. The van der Waals surface area contributed by atoms with Gasteiger partial charge in [0.1, 0.15) is 4.88 Å². The number of hydrogen-bond acceptors (Lipinski definition) is 8. The Morgan fingerprint density at radius 1 is 1.29 bits per heavy atom. The molecule has 1 saturated heterocycles. The SMILES string of the molecule is CCOC(=O)c1sc(NC(=O)C2CCN(S(=O)(=O)c3ccccc3SC)CC2)nc1C. The molecule has 0 aliphatic carbocycles. The van der Waals surface area contributed by atoms with E-state index in [0.29, 0.717) is 38.3 Å². The van der Waals surface area contributed by atoms with Crippen molar-refractivity contribution in [3.63, 3.8) is 0 Å². The van der Waals surface area contributed by atoms with Crippen molar-refractivity contribution >= 4 is 50.1 Å². The van der Waals surface area contributed by atoms with Crippen LogP contribution < -0.4 is 5.32 Å². The fourth-order valence-corrected chi connectivity index (χ4v) is 6.83. The van der Waals surface area contributed by atoms with Crippen LogP contribution in [0.5, 0.6) is 0 Å². The molecule has 2 heterocycles. The highest BCUT2D eigenvalue weighted by molar-refractivity contribution is 7.99. The fourth-order valence-electron chi connectivity index (χ4n) is 3.37. The van der Waals surface area contributed by atoms with Crippen molar-refractivity contribution in [1.29, 1.82) is 0 Å². The monoisotopic (exact) mass is 483 g/mol. The van der Waals surface area contributed by atoms with Gasteiger partial charge in [0.15, 0.2) is 5.13 Å². The maximum atomic E-state index is 13.1. The largest absolute Gasteiger partial charge is 0.462 e. The number of thioether (sulfide) groups is 1. The van der Waals surface area contributed by atoms with Crippen LogP contribution in [0.25, 0.3) is 0 Å². The average Bonchev–Trinajstić information content (AvgIpc) is 3.13. The highest BCUT2D eigenvalue weighted by Gasteiger charge is 2.33. The van der Waals surface area contributed by atoms with Crippen molar-refractivity contribution in [1.82, 2.24) is 9.29 Å². The van der Waals surface area contributed by atoms with E-state index < -0.39 is 16.0 Å². The fraction of sp³-hybridized carbons (Fsp3) is 0.450. The molecule has 1 amide bonds. The maximum absolute atomic E-state index is 13.1. The molecule has 0 radical (unpaired) electrons. The van der Waals surface area contributed by atoms with Gasteiger partial charge in [-0.15, -0.1) is 11.8 Å². The first-order valence-corrected chi connectivity index (χ1v) is 13.3. The Morgan fingerprint density at radius 3 is 2.61 bits per heavy atom. The van der Waals surface area contributed by atoms with E-state index in [9.17, 15) is 18.0 Å². The predicted octanol–water partition coefficient (Wildman–Crippen LogP) is 3.39. The number of sulfonamides is 1. The van der Waals surface area contributed by atoms with E-state index in [-0.39, 0.29) is 31.5 Å². The number of nitrogens with one attached hydrogen (secondary N) is 1. The van der Waals surface area contributed by atoms with Crippen molar-refractivity contribution < 1.29 is 22.7 Å². The zero-order chi connectivity index (χ0) is 22.6. The second-order valence-corrected chi connectivity index (χ2v) is 10.7. The van der Waals surface area contributed by atoms with Crippen LogP contribution in [0, 0.1) is 12.8 Å². The Bertz CT molecular complexity index is 1060. The molecule has 8 nitrogen and oxygen atoms in total. The number of aromatic nitrogens is 1. The van der Waals surface area contributed by atoms with Crippen LogP contribution in [0.15, 0.2) is 34.1 Å². The molecule has 1 aliphatic heterocycles. The molecule has 1 N–H and O–H groups in total. The zero-order valence-electron chi connectivity index (χ0n) is 17.6. The number of ether oxygens (including phenoxy) is 1. The van der Waals surface area contributed by atoms with Gasteiger partial charge in [-0.3, -0.25) is 4.79 Å². The lowest BCUT2D eigenvalue weighted by molar-refractivity contribution is -0.120. The van der Waals surface area contributed by atoms with Gasteiger partial charge in [0.25, 0.3) is 0 Å². The minimum atomic E-state index is -3.61. The molecule has 1 fully saturated rings. The summed E-state index contributed by atoms with van der Waals surface area (Å²) in [6.45, 7) is 4.22. The van der Waals surface area contributed by atoms with Crippen LogP contribution in [0.3, 0.4) is 0 Å². The lowest BCUT2D eigenvalue weighted by Gasteiger charge is -2.30. The summed E-state index contributed by atoms with van der Waals surface area (Å²) in [5, 5.41) is 3.10. The minimum absolute atomic E-state index is 0.217. The Balaban J connectivity index is 1.63. The first-order valence-electron chi connectivity index (χ1n) is 9.86. The minimum Gasteiger partial charge on any atom is -0.462 e. The molecule has 0 atom stereocenters. The predicted molar refractivity (Wildman–Crippen MR) is 121 cm³/mol. The normalized spacial score (nSPS) is 15.6. The lowest BCUT2D eigenvalue weighted by atomic mass is 9.97. The van der Waals surface area contributed by atoms with E-state index in [2.05, 4.69) is 10.3 Å². The number of amides is 1.